The van der Waals surface area contributed by atoms with Crippen LogP contribution in [0.3, 0.4) is 0 Å². The van der Waals surface area contributed by atoms with Gasteiger partial charge in [-0.25, -0.2) is 4.98 Å². The van der Waals surface area contributed by atoms with Gasteiger partial charge in [-0.05, 0) is 32.1 Å². The highest BCUT2D eigenvalue weighted by Gasteiger charge is 2.24. The van der Waals surface area contributed by atoms with Gasteiger partial charge < -0.3 is 9.64 Å². The number of aromatic nitrogens is 2. The maximum atomic E-state index is 5.90. The highest BCUT2D eigenvalue weighted by Crippen LogP contribution is 2.25. The van der Waals surface area contributed by atoms with Crippen LogP contribution < -0.4 is 9.64 Å². The molecule has 1 aromatic rings. The lowest BCUT2D eigenvalue weighted by molar-refractivity contribution is 0.304. The van der Waals surface area contributed by atoms with Crippen LogP contribution in [0, 0.1) is 0 Å². The quantitative estimate of drug-likeness (QED) is 0.751. The third kappa shape index (κ3) is 3.96. The summed E-state index contributed by atoms with van der Waals surface area (Å²) in [4.78, 5) is 11.2. The van der Waals surface area contributed by atoms with Gasteiger partial charge in [0, 0.05) is 30.7 Å². The number of nitrogens with zero attached hydrogens (tertiary/aromatic N) is 3. The molecule has 0 amide bonds. The van der Waals surface area contributed by atoms with Crippen LogP contribution in [0.25, 0.3) is 0 Å². The number of hydrogen-bond donors (Lipinski definition) is 0. The molecule has 1 aliphatic heterocycles. The second-order valence-electron chi connectivity index (χ2n) is 4.86. The lowest BCUT2D eigenvalue weighted by Crippen LogP contribution is -2.40. The van der Waals surface area contributed by atoms with E-state index in [4.69, 9.17) is 16.3 Å². The zero-order valence-corrected chi connectivity index (χ0v) is 12.3. The van der Waals surface area contributed by atoms with Gasteiger partial charge in [0.25, 0.3) is 0 Å². The number of hydrogen-bond acceptors (Lipinski definition) is 4. The van der Waals surface area contributed by atoms with E-state index in [0.717, 1.165) is 25.3 Å². The van der Waals surface area contributed by atoms with Crippen molar-refractivity contribution in [1.82, 2.24) is 9.97 Å². The van der Waals surface area contributed by atoms with Crippen molar-refractivity contribution in [2.45, 2.75) is 45.1 Å². The van der Waals surface area contributed by atoms with Crippen molar-refractivity contribution >= 4 is 17.5 Å². The Morgan fingerprint density at radius 3 is 3.16 bits per heavy atom. The molecule has 1 unspecified atom stereocenters. The SMILES string of the molecule is CCCOc1ccnc(N2CCCCC2CCCl)n1. The topological polar surface area (TPSA) is 38.2 Å². The largest absolute Gasteiger partial charge is 0.478 e. The molecule has 2 heterocycles. The van der Waals surface area contributed by atoms with Crippen molar-refractivity contribution in [2.24, 2.45) is 0 Å². The molecular weight excluding hydrogens is 262 g/mol. The normalized spacial score (nSPS) is 19.5. The van der Waals surface area contributed by atoms with Gasteiger partial charge in [0.2, 0.25) is 11.8 Å². The second kappa shape index (κ2) is 7.53. The maximum absolute atomic E-state index is 5.90. The van der Waals surface area contributed by atoms with E-state index >= 15 is 0 Å². The van der Waals surface area contributed by atoms with Gasteiger partial charge in [0.15, 0.2) is 0 Å². The zero-order valence-electron chi connectivity index (χ0n) is 11.5. The molecule has 106 valence electrons. The first-order chi connectivity index (χ1) is 9.35. The van der Waals surface area contributed by atoms with Gasteiger partial charge in [-0.1, -0.05) is 6.92 Å². The van der Waals surface area contributed by atoms with Crippen LogP contribution in [0.2, 0.25) is 0 Å². The van der Waals surface area contributed by atoms with Gasteiger partial charge in [-0.15, -0.1) is 11.6 Å². The Labute approximate surface area is 120 Å². The first-order valence-electron chi connectivity index (χ1n) is 7.13. The van der Waals surface area contributed by atoms with Crippen LogP contribution in [0.4, 0.5) is 5.95 Å². The van der Waals surface area contributed by atoms with E-state index < -0.39 is 0 Å². The number of ether oxygens (including phenoxy) is 1. The van der Waals surface area contributed by atoms with E-state index in [1.165, 1.54) is 19.3 Å². The second-order valence-corrected chi connectivity index (χ2v) is 5.24. The van der Waals surface area contributed by atoms with E-state index in [-0.39, 0.29) is 0 Å². The minimum atomic E-state index is 0.465. The van der Waals surface area contributed by atoms with E-state index in [2.05, 4.69) is 21.8 Å². The number of anilines is 1. The monoisotopic (exact) mass is 283 g/mol. The van der Waals surface area contributed by atoms with Crippen LogP contribution in [-0.4, -0.2) is 35.0 Å². The fourth-order valence-corrected chi connectivity index (χ4v) is 2.70. The molecule has 0 saturated carbocycles. The lowest BCUT2D eigenvalue weighted by Gasteiger charge is -2.35. The summed E-state index contributed by atoms with van der Waals surface area (Å²) in [5.41, 5.74) is 0. The van der Waals surface area contributed by atoms with Crippen LogP contribution in [0.15, 0.2) is 12.3 Å². The summed E-state index contributed by atoms with van der Waals surface area (Å²) in [6, 6.07) is 2.28. The van der Waals surface area contributed by atoms with Crippen LogP contribution in [-0.2, 0) is 0 Å². The number of halogens is 1. The molecule has 0 aliphatic carbocycles. The molecule has 0 aromatic carbocycles. The smallest absolute Gasteiger partial charge is 0.228 e. The molecule has 0 N–H and O–H groups in total. The standard InChI is InChI=1S/C14H22ClN3O/c1-2-11-19-13-7-9-16-14(17-13)18-10-4-3-5-12(18)6-8-15/h7,9,12H,2-6,8,10-11H2,1H3. The fourth-order valence-electron chi connectivity index (χ4n) is 2.45. The summed E-state index contributed by atoms with van der Waals surface area (Å²) in [6.45, 7) is 3.80. The third-order valence-corrected chi connectivity index (χ3v) is 3.62. The van der Waals surface area contributed by atoms with Crippen LogP contribution >= 0.6 is 11.6 Å². The van der Waals surface area contributed by atoms with Gasteiger partial charge >= 0.3 is 0 Å². The highest BCUT2D eigenvalue weighted by atomic mass is 35.5. The molecular formula is C14H22ClN3O. The molecule has 1 fully saturated rings. The van der Waals surface area contributed by atoms with Gasteiger partial charge in [-0.3, -0.25) is 0 Å². The minimum absolute atomic E-state index is 0.465. The molecule has 0 spiro atoms. The summed E-state index contributed by atoms with van der Waals surface area (Å²) in [6.07, 6.45) is 7.39. The van der Waals surface area contributed by atoms with Gasteiger partial charge in [0.1, 0.15) is 0 Å². The average molecular weight is 284 g/mol. The molecule has 0 radical (unpaired) electrons. The Balaban J connectivity index is 2.09. The van der Waals surface area contributed by atoms with E-state index in [1.54, 1.807) is 6.20 Å². The summed E-state index contributed by atoms with van der Waals surface area (Å²) >= 11 is 5.90. The first-order valence-corrected chi connectivity index (χ1v) is 7.67. The molecule has 1 saturated heterocycles. The number of alkyl halides is 1. The highest BCUT2D eigenvalue weighted by molar-refractivity contribution is 6.17. The van der Waals surface area contributed by atoms with Crippen molar-refractivity contribution < 1.29 is 4.74 Å². The molecule has 19 heavy (non-hydrogen) atoms. The van der Waals surface area contributed by atoms with Crippen molar-refractivity contribution in [3.63, 3.8) is 0 Å². The van der Waals surface area contributed by atoms with E-state index in [9.17, 15) is 0 Å². The maximum Gasteiger partial charge on any atom is 0.228 e. The molecule has 2 rings (SSSR count). The van der Waals surface area contributed by atoms with Crippen molar-refractivity contribution in [1.29, 1.82) is 0 Å². The molecule has 5 heteroatoms. The summed E-state index contributed by atoms with van der Waals surface area (Å²) in [5.74, 6) is 2.14. The van der Waals surface area contributed by atoms with E-state index in [1.807, 2.05) is 6.07 Å². The van der Waals surface area contributed by atoms with Crippen molar-refractivity contribution in [3.8, 4) is 5.88 Å². The first kappa shape index (κ1) is 14.4. The summed E-state index contributed by atoms with van der Waals surface area (Å²) < 4.78 is 5.58. The predicted molar refractivity (Wildman–Crippen MR) is 78.1 cm³/mol. The Kier molecular flexibility index (Phi) is 5.70. The Morgan fingerprint density at radius 1 is 1.47 bits per heavy atom. The predicted octanol–water partition coefficient (Wildman–Crippen LogP) is 3.25. The van der Waals surface area contributed by atoms with Crippen molar-refractivity contribution in [3.05, 3.63) is 12.3 Å². The summed E-state index contributed by atoms with van der Waals surface area (Å²) in [5, 5.41) is 0. The molecule has 1 atom stereocenters. The van der Waals surface area contributed by atoms with E-state index in [0.29, 0.717) is 24.4 Å². The fraction of sp³-hybridized carbons (Fsp3) is 0.714. The Bertz CT molecular complexity index is 387. The van der Waals surface area contributed by atoms with Gasteiger partial charge in [0.05, 0.1) is 6.61 Å². The van der Waals surface area contributed by atoms with Gasteiger partial charge in [-0.2, -0.15) is 4.98 Å². The lowest BCUT2D eigenvalue weighted by atomic mass is 10.0. The third-order valence-electron chi connectivity index (χ3n) is 3.40. The molecule has 4 nitrogen and oxygen atoms in total. The molecule has 1 aromatic heterocycles. The number of rotatable bonds is 6. The Hall–Kier alpha value is -1.03. The average Bonchev–Trinajstić information content (AvgIpc) is 2.46. The van der Waals surface area contributed by atoms with Crippen LogP contribution in [0.1, 0.15) is 39.0 Å². The van der Waals surface area contributed by atoms with Crippen LogP contribution in [0.5, 0.6) is 5.88 Å². The minimum Gasteiger partial charge on any atom is -0.478 e. The number of piperidine rings is 1. The summed E-state index contributed by atoms with van der Waals surface area (Å²) in [7, 11) is 0. The molecule has 1 aliphatic rings. The Morgan fingerprint density at radius 2 is 2.37 bits per heavy atom. The molecule has 0 bridgehead atoms. The zero-order chi connectivity index (χ0) is 13.5. The van der Waals surface area contributed by atoms with Crippen molar-refractivity contribution in [2.75, 3.05) is 23.9 Å².